The smallest absolute Gasteiger partial charge is 0.243 e. The van der Waals surface area contributed by atoms with E-state index >= 15 is 0 Å². The number of carbonyl (C=O) groups excluding carboxylic acids is 1. The maximum Gasteiger partial charge on any atom is 0.243 e. The van der Waals surface area contributed by atoms with Crippen molar-refractivity contribution in [1.29, 1.82) is 5.26 Å². The number of nitriles is 1. The fourth-order valence-electron chi connectivity index (χ4n) is 2.15. The van der Waals surface area contributed by atoms with E-state index in [-0.39, 0.29) is 18.5 Å². The number of ether oxygens (including phenoxy) is 1. The molecule has 2 rings (SSSR count). The molecule has 154 valence electrons. The molecule has 0 radical (unpaired) electrons. The average Bonchev–Trinajstić information content (AvgIpc) is 2.71. The summed E-state index contributed by atoms with van der Waals surface area (Å²) in [5, 5.41) is 11.6. The molecule has 1 amide bonds. The van der Waals surface area contributed by atoms with Crippen LogP contribution in [-0.2, 0) is 9.53 Å². The largest absolute Gasteiger partial charge is 0.368 e. The Bertz CT molecular complexity index is 866. The van der Waals surface area contributed by atoms with Gasteiger partial charge in [0.15, 0.2) is 0 Å². The van der Waals surface area contributed by atoms with Crippen molar-refractivity contribution in [3.8, 4) is 6.07 Å². The summed E-state index contributed by atoms with van der Waals surface area (Å²) in [5.74, 6) is -0.112. The van der Waals surface area contributed by atoms with Gasteiger partial charge in [0.05, 0.1) is 16.1 Å². The van der Waals surface area contributed by atoms with E-state index in [0.29, 0.717) is 16.5 Å². The summed E-state index contributed by atoms with van der Waals surface area (Å²) in [5.41, 5.74) is 7.29. The summed E-state index contributed by atoms with van der Waals surface area (Å²) >= 11 is 3.10. The van der Waals surface area contributed by atoms with Crippen LogP contribution in [0.5, 0.6) is 0 Å². The van der Waals surface area contributed by atoms with Gasteiger partial charge >= 0.3 is 0 Å². The minimum Gasteiger partial charge on any atom is -0.368 e. The van der Waals surface area contributed by atoms with Gasteiger partial charge in [-0.15, -0.1) is 0 Å². The van der Waals surface area contributed by atoms with Crippen LogP contribution in [-0.4, -0.2) is 17.5 Å². The number of anilines is 1. The number of primary amides is 1. The van der Waals surface area contributed by atoms with E-state index in [2.05, 4.69) is 32.8 Å². The molecule has 1 atom stereocenters. The number of hydrogen-bond acceptors (Lipinski definition) is 5. The topological polar surface area (TPSA) is 101 Å². The Balaban J connectivity index is 0.000000296. The van der Waals surface area contributed by atoms with Gasteiger partial charge in [0, 0.05) is 11.9 Å². The number of halogens is 2. The minimum absolute atomic E-state index is 0.131. The van der Waals surface area contributed by atoms with Crippen LogP contribution >= 0.6 is 15.9 Å². The first-order valence-electron chi connectivity index (χ1n) is 8.96. The van der Waals surface area contributed by atoms with Crippen LogP contribution in [0.2, 0.25) is 0 Å². The van der Waals surface area contributed by atoms with Gasteiger partial charge in [0.25, 0.3) is 0 Å². The van der Waals surface area contributed by atoms with Crippen molar-refractivity contribution in [3.63, 3.8) is 0 Å². The van der Waals surface area contributed by atoms with Gasteiger partial charge in [-0.1, -0.05) is 26.5 Å². The van der Waals surface area contributed by atoms with Crippen molar-refractivity contribution >= 4 is 27.7 Å². The molecule has 6 nitrogen and oxygen atoms in total. The number of hydrogen-bond donors (Lipinski definition) is 2. The van der Waals surface area contributed by atoms with E-state index in [0.717, 1.165) is 23.5 Å². The molecule has 1 heterocycles. The first kappa shape index (κ1) is 24.3. The monoisotopic (exact) mass is 462 g/mol. The standard InChI is InChI=1S/C11H13BrFNO2.C10H11N3/c1-2-10(16-6-11(14)15)7-3-4-9(13)8(12)5-7;1-3-8(2)13-10-5-4-9(6-11)7-12-10/h3-5,10H,2,6H2,1H3,(H2,14,15);4-5,7H,2-3H2,1H3,(H,12,13). The molecule has 1 aromatic heterocycles. The Kier molecular flexibility index (Phi) is 10.6. The van der Waals surface area contributed by atoms with Crippen molar-refractivity contribution in [2.75, 3.05) is 11.9 Å². The number of nitrogens with zero attached hydrogens (tertiary/aromatic N) is 2. The molecule has 0 aliphatic heterocycles. The number of nitrogens with two attached hydrogens (primary N) is 1. The third-order valence-electron chi connectivity index (χ3n) is 3.74. The van der Waals surface area contributed by atoms with E-state index < -0.39 is 5.91 Å². The lowest BCUT2D eigenvalue weighted by molar-refractivity contribution is -0.124. The lowest BCUT2D eigenvalue weighted by Crippen LogP contribution is -2.20. The highest BCUT2D eigenvalue weighted by Gasteiger charge is 2.12. The maximum atomic E-state index is 13.0. The van der Waals surface area contributed by atoms with Crippen LogP contribution in [0, 0.1) is 17.1 Å². The van der Waals surface area contributed by atoms with Gasteiger partial charge in [0.2, 0.25) is 5.91 Å². The van der Waals surface area contributed by atoms with E-state index in [1.165, 1.54) is 12.3 Å². The molecule has 8 heteroatoms. The number of nitrogens with one attached hydrogen (secondary N) is 1. The van der Waals surface area contributed by atoms with Crippen molar-refractivity contribution in [2.24, 2.45) is 5.73 Å². The first-order chi connectivity index (χ1) is 13.8. The number of amides is 1. The Morgan fingerprint density at radius 2 is 2.14 bits per heavy atom. The molecular formula is C21H24BrFN4O2. The number of pyridine rings is 1. The molecule has 0 saturated heterocycles. The Morgan fingerprint density at radius 1 is 1.41 bits per heavy atom. The minimum atomic E-state index is -0.514. The van der Waals surface area contributed by atoms with Crippen LogP contribution < -0.4 is 11.1 Å². The van der Waals surface area contributed by atoms with Crippen LogP contribution in [0.3, 0.4) is 0 Å². The molecular weight excluding hydrogens is 439 g/mol. The number of allylic oxidation sites excluding steroid dienone is 1. The summed E-state index contributed by atoms with van der Waals surface area (Å²) in [4.78, 5) is 14.6. The van der Waals surface area contributed by atoms with Crippen molar-refractivity contribution in [3.05, 3.63) is 70.2 Å². The molecule has 2 aromatic rings. The number of carbonyl (C=O) groups is 1. The van der Waals surface area contributed by atoms with Crippen LogP contribution in [0.4, 0.5) is 10.2 Å². The molecule has 0 bridgehead atoms. The quantitative estimate of drug-likeness (QED) is 0.584. The van der Waals surface area contributed by atoms with Gasteiger partial charge in [-0.25, -0.2) is 9.37 Å². The highest BCUT2D eigenvalue weighted by atomic mass is 79.9. The molecule has 29 heavy (non-hydrogen) atoms. The van der Waals surface area contributed by atoms with Crippen LogP contribution in [0.15, 0.2) is 53.3 Å². The zero-order valence-electron chi connectivity index (χ0n) is 16.4. The van der Waals surface area contributed by atoms with Crippen LogP contribution in [0.25, 0.3) is 0 Å². The third-order valence-corrected chi connectivity index (χ3v) is 4.34. The van der Waals surface area contributed by atoms with Crippen molar-refractivity contribution in [1.82, 2.24) is 4.98 Å². The average molecular weight is 463 g/mol. The fraction of sp³-hybridized carbons (Fsp3) is 0.286. The van der Waals surface area contributed by atoms with E-state index in [1.54, 1.807) is 24.3 Å². The second-order valence-corrected chi connectivity index (χ2v) is 6.83. The lowest BCUT2D eigenvalue weighted by Gasteiger charge is -2.15. The molecule has 3 N–H and O–H groups in total. The zero-order chi connectivity index (χ0) is 21.8. The van der Waals surface area contributed by atoms with Gasteiger partial charge in [0.1, 0.15) is 24.3 Å². The number of aromatic nitrogens is 1. The van der Waals surface area contributed by atoms with Gasteiger partial charge in [-0.3, -0.25) is 4.79 Å². The van der Waals surface area contributed by atoms with Gasteiger partial charge in [-0.05, 0) is 58.6 Å². The molecule has 1 unspecified atom stereocenters. The van der Waals surface area contributed by atoms with Crippen LogP contribution in [0.1, 0.15) is 43.9 Å². The predicted octanol–water partition coefficient (Wildman–Crippen LogP) is 4.83. The van der Waals surface area contributed by atoms with E-state index in [9.17, 15) is 9.18 Å². The summed E-state index contributed by atoms with van der Waals surface area (Å²) in [6.07, 6.45) is 2.84. The Hall–Kier alpha value is -2.76. The second kappa shape index (κ2) is 12.6. The number of benzene rings is 1. The molecule has 0 aliphatic rings. The maximum absolute atomic E-state index is 13.0. The van der Waals surface area contributed by atoms with Gasteiger partial charge in [-0.2, -0.15) is 5.26 Å². The highest BCUT2D eigenvalue weighted by molar-refractivity contribution is 9.10. The molecule has 0 spiro atoms. The first-order valence-corrected chi connectivity index (χ1v) is 9.75. The summed E-state index contributed by atoms with van der Waals surface area (Å²) < 4.78 is 18.7. The predicted molar refractivity (Wildman–Crippen MR) is 114 cm³/mol. The fourth-order valence-corrected chi connectivity index (χ4v) is 2.55. The Morgan fingerprint density at radius 3 is 2.62 bits per heavy atom. The van der Waals surface area contributed by atoms with E-state index in [1.807, 2.05) is 19.9 Å². The second-order valence-electron chi connectivity index (χ2n) is 5.97. The normalized spacial score (nSPS) is 10.9. The van der Waals surface area contributed by atoms with E-state index in [4.69, 9.17) is 15.7 Å². The van der Waals surface area contributed by atoms with Crippen molar-refractivity contribution in [2.45, 2.75) is 32.8 Å². The lowest BCUT2D eigenvalue weighted by atomic mass is 10.1. The van der Waals surface area contributed by atoms with Gasteiger partial charge < -0.3 is 15.8 Å². The molecule has 0 aliphatic carbocycles. The zero-order valence-corrected chi connectivity index (χ0v) is 18.0. The highest BCUT2D eigenvalue weighted by Crippen LogP contribution is 2.25. The molecule has 1 aromatic carbocycles. The molecule has 0 saturated carbocycles. The summed E-state index contributed by atoms with van der Waals surface area (Å²) in [6, 6.07) is 10.1. The third kappa shape index (κ3) is 8.85. The summed E-state index contributed by atoms with van der Waals surface area (Å²) in [7, 11) is 0. The Labute approximate surface area is 178 Å². The number of rotatable bonds is 8. The van der Waals surface area contributed by atoms with Crippen molar-refractivity contribution < 1.29 is 13.9 Å². The summed E-state index contributed by atoms with van der Waals surface area (Å²) in [6.45, 7) is 7.60. The SMILES string of the molecule is C=C(CC)Nc1ccc(C#N)cn1.CCC(OCC(N)=O)c1ccc(F)c(Br)c1. The molecule has 0 fully saturated rings.